The molecule has 0 bridgehead atoms. The Morgan fingerprint density at radius 3 is 2.52 bits per heavy atom. The zero-order valence-electron chi connectivity index (χ0n) is 12.6. The quantitative estimate of drug-likeness (QED) is 0.667. The van der Waals surface area contributed by atoms with Gasteiger partial charge < -0.3 is 10.1 Å². The van der Waals surface area contributed by atoms with Gasteiger partial charge in [0.1, 0.15) is 5.75 Å². The van der Waals surface area contributed by atoms with Gasteiger partial charge in [-0.3, -0.25) is 14.9 Å². The highest BCUT2D eigenvalue weighted by Crippen LogP contribution is 2.33. The van der Waals surface area contributed by atoms with E-state index in [1.807, 2.05) is 0 Å². The third-order valence-corrected chi connectivity index (χ3v) is 3.61. The predicted molar refractivity (Wildman–Crippen MR) is 85.7 cm³/mol. The SMILES string of the molecule is Cc1ccc(Oc2ccc(NC(=O)C3CC3)cc2)c([N+](=O)[O-])c1. The summed E-state index contributed by atoms with van der Waals surface area (Å²) in [7, 11) is 0. The van der Waals surface area contributed by atoms with Crippen LogP contribution in [0.4, 0.5) is 11.4 Å². The second kappa shape index (κ2) is 6.08. The van der Waals surface area contributed by atoms with Crippen LogP contribution in [0, 0.1) is 23.0 Å². The molecule has 2 aromatic carbocycles. The summed E-state index contributed by atoms with van der Waals surface area (Å²) in [5, 5.41) is 13.9. The van der Waals surface area contributed by atoms with Crippen LogP contribution in [0.3, 0.4) is 0 Å². The molecule has 1 aliphatic carbocycles. The number of nitrogens with zero attached hydrogens (tertiary/aromatic N) is 1. The maximum atomic E-state index is 11.7. The molecule has 0 aromatic heterocycles. The van der Waals surface area contributed by atoms with Crippen molar-refractivity contribution in [3.05, 3.63) is 58.1 Å². The smallest absolute Gasteiger partial charge is 0.311 e. The molecule has 0 spiro atoms. The lowest BCUT2D eigenvalue weighted by atomic mass is 10.2. The van der Waals surface area contributed by atoms with Crippen molar-refractivity contribution in [2.45, 2.75) is 19.8 Å². The molecule has 23 heavy (non-hydrogen) atoms. The van der Waals surface area contributed by atoms with Gasteiger partial charge in [0.2, 0.25) is 11.7 Å². The lowest BCUT2D eigenvalue weighted by Crippen LogP contribution is -2.12. The van der Waals surface area contributed by atoms with Gasteiger partial charge in [-0.05, 0) is 55.7 Å². The normalized spacial score (nSPS) is 13.4. The molecule has 1 amide bonds. The Labute approximate surface area is 133 Å². The molecule has 3 rings (SSSR count). The Morgan fingerprint density at radius 2 is 1.91 bits per heavy atom. The molecular weight excluding hydrogens is 296 g/mol. The molecule has 1 N–H and O–H groups in total. The second-order valence-corrected chi connectivity index (χ2v) is 5.62. The first-order chi connectivity index (χ1) is 11.0. The molecule has 1 saturated carbocycles. The number of aryl methyl sites for hydroxylation is 1. The Balaban J connectivity index is 1.73. The van der Waals surface area contributed by atoms with Crippen LogP contribution < -0.4 is 10.1 Å². The Kier molecular flexibility index (Phi) is 3.97. The third-order valence-electron chi connectivity index (χ3n) is 3.61. The largest absolute Gasteiger partial charge is 0.450 e. The summed E-state index contributed by atoms with van der Waals surface area (Å²) >= 11 is 0. The molecular formula is C17H16N2O4. The van der Waals surface area contributed by atoms with Gasteiger partial charge in [0.15, 0.2) is 0 Å². The number of anilines is 1. The summed E-state index contributed by atoms with van der Waals surface area (Å²) < 4.78 is 5.59. The van der Waals surface area contributed by atoms with E-state index in [2.05, 4.69) is 5.32 Å². The zero-order chi connectivity index (χ0) is 16.4. The number of hydrogen-bond acceptors (Lipinski definition) is 4. The van der Waals surface area contributed by atoms with Crippen molar-refractivity contribution in [3.8, 4) is 11.5 Å². The number of benzene rings is 2. The monoisotopic (exact) mass is 312 g/mol. The molecule has 0 heterocycles. The number of nitrogens with one attached hydrogen (secondary N) is 1. The second-order valence-electron chi connectivity index (χ2n) is 5.62. The average Bonchev–Trinajstić information content (AvgIpc) is 3.35. The maximum Gasteiger partial charge on any atom is 0.311 e. The summed E-state index contributed by atoms with van der Waals surface area (Å²) in [6.07, 6.45) is 1.90. The van der Waals surface area contributed by atoms with Crippen LogP contribution in [-0.2, 0) is 4.79 Å². The van der Waals surface area contributed by atoms with E-state index in [1.165, 1.54) is 6.07 Å². The van der Waals surface area contributed by atoms with Gasteiger partial charge in [-0.2, -0.15) is 0 Å². The fraction of sp³-hybridized carbons (Fsp3) is 0.235. The van der Waals surface area contributed by atoms with Gasteiger partial charge in [-0.25, -0.2) is 0 Å². The molecule has 118 valence electrons. The van der Waals surface area contributed by atoms with E-state index in [0.29, 0.717) is 11.4 Å². The number of ether oxygens (including phenoxy) is 1. The topological polar surface area (TPSA) is 81.5 Å². The highest BCUT2D eigenvalue weighted by molar-refractivity contribution is 5.94. The standard InChI is InChI=1S/C17H16N2O4/c1-11-2-9-16(15(10-11)19(21)22)23-14-7-5-13(6-8-14)18-17(20)12-3-4-12/h2,5-10,12H,3-4H2,1H3,(H,18,20). The van der Waals surface area contributed by atoms with Crippen molar-refractivity contribution in [1.82, 2.24) is 0 Å². The van der Waals surface area contributed by atoms with Gasteiger partial charge in [0.05, 0.1) is 4.92 Å². The first-order valence-electron chi connectivity index (χ1n) is 7.37. The van der Waals surface area contributed by atoms with E-state index in [0.717, 1.165) is 18.4 Å². The van der Waals surface area contributed by atoms with E-state index in [4.69, 9.17) is 4.74 Å². The Hall–Kier alpha value is -2.89. The third kappa shape index (κ3) is 3.66. The molecule has 6 nitrogen and oxygen atoms in total. The molecule has 6 heteroatoms. The summed E-state index contributed by atoms with van der Waals surface area (Å²) in [5.74, 6) is 0.839. The first kappa shape index (κ1) is 15.0. The number of rotatable bonds is 5. The molecule has 1 aliphatic rings. The van der Waals surface area contributed by atoms with E-state index in [-0.39, 0.29) is 23.3 Å². The van der Waals surface area contributed by atoms with Crippen LogP contribution in [0.1, 0.15) is 18.4 Å². The van der Waals surface area contributed by atoms with E-state index >= 15 is 0 Å². The van der Waals surface area contributed by atoms with Crippen molar-refractivity contribution >= 4 is 17.3 Å². The van der Waals surface area contributed by atoms with Crippen molar-refractivity contribution in [1.29, 1.82) is 0 Å². The van der Waals surface area contributed by atoms with Crippen LogP contribution in [0.25, 0.3) is 0 Å². The highest BCUT2D eigenvalue weighted by Gasteiger charge is 2.29. The molecule has 1 fully saturated rings. The minimum atomic E-state index is -0.466. The first-order valence-corrected chi connectivity index (χ1v) is 7.37. The van der Waals surface area contributed by atoms with Crippen molar-refractivity contribution in [3.63, 3.8) is 0 Å². The lowest BCUT2D eigenvalue weighted by molar-refractivity contribution is -0.385. The summed E-state index contributed by atoms with van der Waals surface area (Å²) in [5.41, 5.74) is 1.41. The maximum absolute atomic E-state index is 11.7. The molecule has 0 atom stereocenters. The van der Waals surface area contributed by atoms with Crippen molar-refractivity contribution in [2.24, 2.45) is 5.92 Å². The summed E-state index contributed by atoms with van der Waals surface area (Å²) in [6, 6.07) is 11.6. The highest BCUT2D eigenvalue weighted by atomic mass is 16.6. The molecule has 2 aromatic rings. The van der Waals surface area contributed by atoms with Gasteiger partial charge in [-0.1, -0.05) is 6.07 Å². The van der Waals surface area contributed by atoms with Crippen molar-refractivity contribution in [2.75, 3.05) is 5.32 Å². The number of carbonyl (C=O) groups excluding carboxylic acids is 1. The van der Waals surface area contributed by atoms with Gasteiger partial charge in [0.25, 0.3) is 0 Å². The number of carbonyl (C=O) groups is 1. The summed E-state index contributed by atoms with van der Waals surface area (Å²) in [4.78, 5) is 22.3. The van der Waals surface area contributed by atoms with Crippen LogP contribution >= 0.6 is 0 Å². The zero-order valence-corrected chi connectivity index (χ0v) is 12.6. The lowest BCUT2D eigenvalue weighted by Gasteiger charge is -2.08. The number of nitro benzene ring substituents is 1. The molecule has 0 saturated heterocycles. The predicted octanol–water partition coefficient (Wildman–Crippen LogP) is 4.04. The van der Waals surface area contributed by atoms with Gasteiger partial charge >= 0.3 is 5.69 Å². The van der Waals surface area contributed by atoms with Gasteiger partial charge in [-0.15, -0.1) is 0 Å². The minimum Gasteiger partial charge on any atom is -0.450 e. The fourth-order valence-electron chi connectivity index (χ4n) is 2.18. The Morgan fingerprint density at radius 1 is 1.22 bits per heavy atom. The van der Waals surface area contributed by atoms with E-state index in [9.17, 15) is 14.9 Å². The van der Waals surface area contributed by atoms with Crippen molar-refractivity contribution < 1.29 is 14.5 Å². The fourth-order valence-corrected chi connectivity index (χ4v) is 2.18. The van der Waals surface area contributed by atoms with E-state index < -0.39 is 4.92 Å². The minimum absolute atomic E-state index is 0.0350. The van der Waals surface area contributed by atoms with Crippen LogP contribution in [-0.4, -0.2) is 10.8 Å². The molecule has 0 unspecified atom stereocenters. The number of amides is 1. The van der Waals surface area contributed by atoms with E-state index in [1.54, 1.807) is 43.3 Å². The Bertz CT molecular complexity index is 752. The van der Waals surface area contributed by atoms with Gasteiger partial charge in [0, 0.05) is 17.7 Å². The van der Waals surface area contributed by atoms with Crippen LogP contribution in [0.5, 0.6) is 11.5 Å². The van der Waals surface area contributed by atoms with Crippen LogP contribution in [0.2, 0.25) is 0 Å². The summed E-state index contributed by atoms with van der Waals surface area (Å²) in [6.45, 7) is 1.79. The molecule has 0 radical (unpaired) electrons. The van der Waals surface area contributed by atoms with Crippen LogP contribution in [0.15, 0.2) is 42.5 Å². The average molecular weight is 312 g/mol. The number of hydrogen-bond donors (Lipinski definition) is 1. The number of nitro groups is 1. The molecule has 0 aliphatic heterocycles.